The first-order valence-corrected chi connectivity index (χ1v) is 14.7. The van der Waals surface area contributed by atoms with Crippen molar-refractivity contribution in [3.63, 3.8) is 0 Å². The highest BCUT2D eigenvalue weighted by Crippen LogP contribution is 2.29. The van der Waals surface area contributed by atoms with Crippen LogP contribution in [-0.2, 0) is 7.05 Å². The third-order valence-electron chi connectivity index (χ3n) is 8.57. The van der Waals surface area contributed by atoms with Gasteiger partial charge in [-0.15, -0.1) is 0 Å². The molecule has 0 aliphatic carbocycles. The Kier molecular flexibility index (Phi) is 7.84. The van der Waals surface area contributed by atoms with E-state index in [2.05, 4.69) is 86.8 Å². The molecule has 0 radical (unpaired) electrons. The maximum atomic E-state index is 11.2. The van der Waals surface area contributed by atoms with E-state index in [4.69, 9.17) is 4.98 Å². The van der Waals surface area contributed by atoms with Crippen LogP contribution in [0.15, 0.2) is 48.7 Å². The Morgan fingerprint density at radius 2 is 1.64 bits per heavy atom. The highest BCUT2D eigenvalue weighted by Gasteiger charge is 2.25. The van der Waals surface area contributed by atoms with Crippen LogP contribution in [0.4, 0.5) is 33.6 Å². The average Bonchev–Trinajstić information content (AvgIpc) is 3.30. The van der Waals surface area contributed by atoms with Crippen LogP contribution in [0.5, 0.6) is 0 Å². The largest absolute Gasteiger partial charge is 0.465 e. The summed E-state index contributed by atoms with van der Waals surface area (Å²) in [6.45, 7) is 10.6. The molecule has 0 spiro atoms. The van der Waals surface area contributed by atoms with E-state index in [1.165, 1.54) is 10.6 Å². The summed E-state index contributed by atoms with van der Waals surface area (Å²) in [4.78, 5) is 27.0. The SMILES string of the molecule is Cc1cccc(C)c1Nc1nn(C)c2nc(Nc3ccc(N4CCN(CC5CCN(C(=O)O)CC5)CC4)cc3)ncc12. The van der Waals surface area contributed by atoms with Gasteiger partial charge in [0.05, 0.1) is 5.39 Å². The number of aryl methyl sites for hydroxylation is 3. The fourth-order valence-corrected chi connectivity index (χ4v) is 6.07. The summed E-state index contributed by atoms with van der Waals surface area (Å²) in [5, 5.41) is 21.5. The standard InChI is InChI=1S/C31H39N9O2/c1-21-5-4-6-22(2)27(21)34-28-26-19-32-30(35-29(26)37(3)36-28)33-24-7-9-25(10-8-24)39-17-15-38(16-18-39)20-23-11-13-40(14-12-23)31(41)42/h4-10,19,23H,11-18,20H2,1-3H3,(H,34,36)(H,41,42)(H,32,33,35). The fraction of sp³-hybridized carbons (Fsp3) is 0.419. The van der Waals surface area contributed by atoms with Crippen molar-refractivity contribution >= 4 is 46.0 Å². The van der Waals surface area contributed by atoms with E-state index in [0.717, 1.165) is 84.9 Å². The molecule has 0 saturated carbocycles. The van der Waals surface area contributed by atoms with Crippen molar-refractivity contribution in [1.29, 1.82) is 0 Å². The van der Waals surface area contributed by atoms with Crippen LogP contribution in [0, 0.1) is 19.8 Å². The first kappa shape index (κ1) is 27.8. The summed E-state index contributed by atoms with van der Waals surface area (Å²) in [5.74, 6) is 1.86. The lowest BCUT2D eigenvalue weighted by molar-refractivity contribution is 0.112. The third-order valence-corrected chi connectivity index (χ3v) is 8.57. The minimum atomic E-state index is -0.791. The molecule has 2 saturated heterocycles. The van der Waals surface area contributed by atoms with Gasteiger partial charge < -0.3 is 25.5 Å². The highest BCUT2D eigenvalue weighted by atomic mass is 16.4. The fourth-order valence-electron chi connectivity index (χ4n) is 6.07. The average molecular weight is 570 g/mol. The molecule has 2 aliphatic rings. The number of piperidine rings is 1. The van der Waals surface area contributed by atoms with Crippen molar-refractivity contribution in [1.82, 2.24) is 29.5 Å². The van der Waals surface area contributed by atoms with E-state index < -0.39 is 6.09 Å². The molecule has 11 nitrogen and oxygen atoms in total. The van der Waals surface area contributed by atoms with Gasteiger partial charge >= 0.3 is 6.09 Å². The van der Waals surface area contributed by atoms with Gasteiger partial charge in [0.1, 0.15) is 0 Å². The molecule has 1 amide bonds. The van der Waals surface area contributed by atoms with Crippen molar-refractivity contribution in [2.75, 3.05) is 61.3 Å². The van der Waals surface area contributed by atoms with E-state index in [1.807, 2.05) is 13.2 Å². The van der Waals surface area contributed by atoms with Crippen molar-refractivity contribution < 1.29 is 9.90 Å². The lowest BCUT2D eigenvalue weighted by atomic mass is 9.96. The second-order valence-electron chi connectivity index (χ2n) is 11.5. The highest BCUT2D eigenvalue weighted by molar-refractivity contribution is 5.90. The normalized spacial score (nSPS) is 16.6. The molecule has 2 aliphatic heterocycles. The van der Waals surface area contributed by atoms with Crippen LogP contribution in [0.25, 0.3) is 11.0 Å². The van der Waals surface area contributed by atoms with E-state index >= 15 is 0 Å². The maximum Gasteiger partial charge on any atom is 0.407 e. The molecule has 6 rings (SSSR count). The summed E-state index contributed by atoms with van der Waals surface area (Å²) in [7, 11) is 1.89. The number of benzene rings is 2. The lowest BCUT2D eigenvalue weighted by Crippen LogP contribution is -2.49. The summed E-state index contributed by atoms with van der Waals surface area (Å²) in [6, 6.07) is 14.7. The van der Waals surface area contributed by atoms with Crippen LogP contribution < -0.4 is 15.5 Å². The Morgan fingerprint density at radius 1 is 0.952 bits per heavy atom. The molecule has 220 valence electrons. The first-order valence-electron chi connectivity index (χ1n) is 14.7. The number of fused-ring (bicyclic) bond motifs is 1. The quantitative estimate of drug-likeness (QED) is 0.283. The van der Waals surface area contributed by atoms with Gasteiger partial charge in [-0.3, -0.25) is 4.90 Å². The zero-order valence-electron chi connectivity index (χ0n) is 24.5. The molecule has 2 aromatic carbocycles. The van der Waals surface area contributed by atoms with Crippen molar-refractivity contribution in [2.24, 2.45) is 13.0 Å². The van der Waals surface area contributed by atoms with Gasteiger partial charge in [-0.05, 0) is 68.0 Å². The predicted molar refractivity (Wildman–Crippen MR) is 166 cm³/mol. The van der Waals surface area contributed by atoms with Crippen molar-refractivity contribution in [3.05, 3.63) is 59.8 Å². The topological polar surface area (TPSA) is 115 Å². The van der Waals surface area contributed by atoms with Crippen LogP contribution >= 0.6 is 0 Å². The predicted octanol–water partition coefficient (Wildman–Crippen LogP) is 4.98. The molecule has 0 atom stereocenters. The van der Waals surface area contributed by atoms with Crippen LogP contribution in [0.1, 0.15) is 24.0 Å². The smallest absolute Gasteiger partial charge is 0.407 e. The Hall–Kier alpha value is -4.38. The van der Waals surface area contributed by atoms with Crippen molar-refractivity contribution in [3.8, 4) is 0 Å². The molecule has 4 heterocycles. The lowest BCUT2D eigenvalue weighted by Gasteiger charge is -2.39. The van der Waals surface area contributed by atoms with E-state index in [9.17, 15) is 9.90 Å². The third kappa shape index (κ3) is 5.96. The number of rotatable bonds is 7. The molecular weight excluding hydrogens is 530 g/mol. The monoisotopic (exact) mass is 569 g/mol. The number of carboxylic acid groups (broad SMARTS) is 1. The summed E-state index contributed by atoms with van der Waals surface area (Å²) >= 11 is 0. The Labute approximate surface area is 246 Å². The second-order valence-corrected chi connectivity index (χ2v) is 11.5. The molecule has 0 unspecified atom stereocenters. The van der Waals surface area contributed by atoms with Crippen LogP contribution in [-0.4, -0.2) is 86.6 Å². The van der Waals surface area contributed by atoms with Gasteiger partial charge in [-0.2, -0.15) is 10.1 Å². The maximum absolute atomic E-state index is 11.2. The molecule has 11 heteroatoms. The van der Waals surface area contributed by atoms with E-state index in [0.29, 0.717) is 25.0 Å². The Balaban J connectivity index is 1.04. The minimum absolute atomic E-state index is 0.527. The number of hydrogen-bond acceptors (Lipinski definition) is 8. The molecule has 4 aromatic rings. The number of hydrogen-bond donors (Lipinski definition) is 3. The van der Waals surface area contributed by atoms with Gasteiger partial charge in [-0.25, -0.2) is 14.5 Å². The number of nitrogens with one attached hydrogen (secondary N) is 2. The Morgan fingerprint density at radius 3 is 2.31 bits per heavy atom. The molecule has 2 fully saturated rings. The van der Waals surface area contributed by atoms with Gasteiger partial charge in [0.25, 0.3) is 0 Å². The zero-order chi connectivity index (χ0) is 29.2. The zero-order valence-corrected chi connectivity index (χ0v) is 24.5. The number of piperazine rings is 1. The van der Waals surface area contributed by atoms with Gasteiger partial charge in [0, 0.05) is 76.1 Å². The molecular formula is C31H39N9O2. The summed E-state index contributed by atoms with van der Waals surface area (Å²) in [6.07, 6.45) is 2.95. The molecule has 2 aromatic heterocycles. The molecule has 0 bridgehead atoms. The molecule has 42 heavy (non-hydrogen) atoms. The number of para-hydroxylation sites is 1. The molecule has 3 N–H and O–H groups in total. The number of anilines is 5. The van der Waals surface area contributed by atoms with E-state index in [1.54, 1.807) is 4.68 Å². The number of likely N-dealkylation sites (tertiary alicyclic amines) is 1. The van der Waals surface area contributed by atoms with Gasteiger partial charge in [0.15, 0.2) is 11.5 Å². The van der Waals surface area contributed by atoms with Crippen molar-refractivity contribution in [2.45, 2.75) is 26.7 Å². The van der Waals surface area contributed by atoms with Gasteiger partial charge in [0.2, 0.25) is 5.95 Å². The summed E-state index contributed by atoms with van der Waals surface area (Å²) in [5.41, 5.74) is 6.27. The number of nitrogens with zero attached hydrogens (tertiary/aromatic N) is 7. The second kappa shape index (κ2) is 11.8. The summed E-state index contributed by atoms with van der Waals surface area (Å²) < 4.78 is 1.78. The van der Waals surface area contributed by atoms with E-state index in [-0.39, 0.29) is 0 Å². The van der Waals surface area contributed by atoms with Gasteiger partial charge in [-0.1, -0.05) is 18.2 Å². The number of carbonyl (C=O) groups is 1. The Bertz CT molecular complexity index is 1530. The van der Waals surface area contributed by atoms with Crippen LogP contribution in [0.3, 0.4) is 0 Å². The first-order chi connectivity index (χ1) is 20.3. The number of aromatic nitrogens is 4. The number of amides is 1. The minimum Gasteiger partial charge on any atom is -0.465 e. The van der Waals surface area contributed by atoms with Crippen LogP contribution in [0.2, 0.25) is 0 Å².